The molecule has 0 saturated heterocycles. The first-order valence-corrected chi connectivity index (χ1v) is 12.0. The lowest BCUT2D eigenvalue weighted by molar-refractivity contribution is 1.13. The van der Waals surface area contributed by atoms with Gasteiger partial charge in [0.1, 0.15) is 0 Å². The Morgan fingerprint density at radius 1 is 0.500 bits per heavy atom. The maximum absolute atomic E-state index is 3.98. The molecule has 0 aliphatic carbocycles. The van der Waals surface area contributed by atoms with E-state index in [1.165, 1.54) is 33.4 Å². The predicted molar refractivity (Wildman–Crippen MR) is 138 cm³/mol. The molecule has 0 radical (unpaired) electrons. The van der Waals surface area contributed by atoms with Gasteiger partial charge in [-0.2, -0.15) is 0 Å². The summed E-state index contributed by atoms with van der Waals surface area (Å²) in [5.41, 5.74) is 7.31. The summed E-state index contributed by atoms with van der Waals surface area (Å²) < 4.78 is 4.25. The summed E-state index contributed by atoms with van der Waals surface area (Å²) in [5, 5.41) is 0. The van der Waals surface area contributed by atoms with Crippen LogP contribution >= 0.6 is 63.7 Å². The van der Waals surface area contributed by atoms with Crippen molar-refractivity contribution in [2.45, 2.75) is 25.7 Å². The van der Waals surface area contributed by atoms with Crippen LogP contribution in [0.2, 0.25) is 0 Å². The molecule has 0 unspecified atom stereocenters. The van der Waals surface area contributed by atoms with E-state index >= 15 is 0 Å². The first kappa shape index (κ1) is 23.6. The fraction of sp³-hybridized carbons (Fsp3) is 0.167. The standard InChI is InChI=1S/C24H22Br4/c1-5-9-15-19(25)13-20(26)16(10-6-2)23(15)24-17(11-7-3)21(27)14-22(28)18(24)12-8-4/h5-8,13-14H,1-4,9-12H2. The number of hydrogen-bond donors (Lipinski definition) is 0. The van der Waals surface area contributed by atoms with Gasteiger partial charge in [-0.1, -0.05) is 88.0 Å². The summed E-state index contributed by atoms with van der Waals surface area (Å²) >= 11 is 15.1. The van der Waals surface area contributed by atoms with E-state index in [-0.39, 0.29) is 0 Å². The third-order valence-corrected chi connectivity index (χ3v) is 7.34. The van der Waals surface area contributed by atoms with Crippen LogP contribution in [0, 0.1) is 0 Å². The Labute approximate surface area is 202 Å². The van der Waals surface area contributed by atoms with Gasteiger partial charge in [-0.3, -0.25) is 0 Å². The Balaban J connectivity index is 3.12. The van der Waals surface area contributed by atoms with Crippen molar-refractivity contribution in [1.82, 2.24) is 0 Å². The van der Waals surface area contributed by atoms with Gasteiger partial charge in [0.2, 0.25) is 0 Å². The minimum atomic E-state index is 0.762. The number of halogens is 4. The lowest BCUT2D eigenvalue weighted by Crippen LogP contribution is -2.05. The highest BCUT2D eigenvalue weighted by molar-refractivity contribution is 9.11. The highest BCUT2D eigenvalue weighted by Crippen LogP contribution is 2.45. The first-order valence-electron chi connectivity index (χ1n) is 8.84. The Morgan fingerprint density at radius 3 is 0.893 bits per heavy atom. The molecule has 146 valence electrons. The van der Waals surface area contributed by atoms with Gasteiger partial charge in [-0.25, -0.2) is 0 Å². The van der Waals surface area contributed by atoms with Gasteiger partial charge in [-0.15, -0.1) is 26.3 Å². The smallest absolute Gasteiger partial charge is 0.0228 e. The minimum absolute atomic E-state index is 0.762. The Bertz CT molecular complexity index is 793. The fourth-order valence-corrected chi connectivity index (χ4v) is 6.36. The molecular formula is C24H22Br4. The fourth-order valence-electron chi connectivity index (χ4n) is 3.39. The van der Waals surface area contributed by atoms with E-state index in [0.29, 0.717) is 0 Å². The van der Waals surface area contributed by atoms with Crippen molar-refractivity contribution in [2.24, 2.45) is 0 Å². The molecule has 0 atom stereocenters. The van der Waals surface area contributed by atoms with Crippen LogP contribution in [0.3, 0.4) is 0 Å². The molecule has 2 aromatic carbocycles. The number of benzene rings is 2. The second kappa shape index (κ2) is 10.9. The van der Waals surface area contributed by atoms with Gasteiger partial charge < -0.3 is 0 Å². The Kier molecular flexibility index (Phi) is 9.20. The third kappa shape index (κ3) is 4.89. The van der Waals surface area contributed by atoms with E-state index in [1.807, 2.05) is 24.3 Å². The quantitative estimate of drug-likeness (QED) is 0.243. The summed E-state index contributed by atoms with van der Waals surface area (Å²) in [6.07, 6.45) is 10.8. The predicted octanol–water partition coefficient (Wildman–Crippen LogP) is 9.32. The van der Waals surface area contributed by atoms with Crippen LogP contribution in [0.4, 0.5) is 0 Å². The van der Waals surface area contributed by atoms with Crippen LogP contribution in [-0.4, -0.2) is 0 Å². The summed E-state index contributed by atoms with van der Waals surface area (Å²) in [4.78, 5) is 0. The summed E-state index contributed by atoms with van der Waals surface area (Å²) in [6, 6.07) is 4.24. The van der Waals surface area contributed by atoms with Crippen molar-refractivity contribution in [2.75, 3.05) is 0 Å². The molecule has 0 nitrogen and oxygen atoms in total. The molecule has 0 aliphatic rings. The topological polar surface area (TPSA) is 0 Å². The zero-order valence-electron chi connectivity index (χ0n) is 15.6. The normalized spacial score (nSPS) is 10.6. The van der Waals surface area contributed by atoms with Gasteiger partial charge in [0, 0.05) is 17.9 Å². The van der Waals surface area contributed by atoms with Gasteiger partial charge >= 0.3 is 0 Å². The van der Waals surface area contributed by atoms with Crippen LogP contribution in [0.15, 0.2) is 80.6 Å². The van der Waals surface area contributed by atoms with E-state index in [4.69, 9.17) is 0 Å². The molecule has 0 aromatic heterocycles. The zero-order valence-corrected chi connectivity index (χ0v) is 22.0. The van der Waals surface area contributed by atoms with Crippen molar-refractivity contribution < 1.29 is 0 Å². The van der Waals surface area contributed by atoms with Crippen molar-refractivity contribution >= 4 is 63.7 Å². The number of allylic oxidation sites excluding steroid dienone is 4. The first-order chi connectivity index (χ1) is 13.4. The summed E-state index contributed by atoms with van der Waals surface area (Å²) in [5.74, 6) is 0. The van der Waals surface area contributed by atoms with E-state index in [1.54, 1.807) is 0 Å². The molecule has 28 heavy (non-hydrogen) atoms. The van der Waals surface area contributed by atoms with Crippen molar-refractivity contribution in [1.29, 1.82) is 0 Å². The molecule has 2 aromatic rings. The molecule has 0 aliphatic heterocycles. The van der Waals surface area contributed by atoms with Gasteiger partial charge in [-0.05, 0) is 71.2 Å². The average molecular weight is 630 g/mol. The molecule has 0 fully saturated rings. The molecule has 0 saturated carbocycles. The number of rotatable bonds is 9. The summed E-state index contributed by atoms with van der Waals surface area (Å²) in [6.45, 7) is 15.9. The molecular weight excluding hydrogens is 608 g/mol. The lowest BCUT2D eigenvalue weighted by Gasteiger charge is -2.24. The van der Waals surface area contributed by atoms with Crippen molar-refractivity contribution in [3.63, 3.8) is 0 Å². The average Bonchev–Trinajstić information content (AvgIpc) is 2.64. The maximum Gasteiger partial charge on any atom is 0.0228 e. The van der Waals surface area contributed by atoms with E-state index in [0.717, 1.165) is 43.6 Å². The Hall–Kier alpha value is -0.680. The highest BCUT2D eigenvalue weighted by atomic mass is 79.9. The second-order valence-electron chi connectivity index (χ2n) is 6.32. The highest BCUT2D eigenvalue weighted by Gasteiger charge is 2.23. The molecule has 0 N–H and O–H groups in total. The molecule has 0 heterocycles. The zero-order chi connectivity index (χ0) is 20.8. The SMILES string of the molecule is C=CCc1c(Br)cc(Br)c(CC=C)c1-c1c(CC=C)c(Br)cc(Br)c1CC=C. The van der Waals surface area contributed by atoms with Crippen LogP contribution in [-0.2, 0) is 25.7 Å². The van der Waals surface area contributed by atoms with Crippen molar-refractivity contribution in [3.05, 3.63) is 103 Å². The number of hydrogen-bond acceptors (Lipinski definition) is 0. The minimum Gasteiger partial charge on any atom is -0.103 e. The largest absolute Gasteiger partial charge is 0.103 e. The van der Waals surface area contributed by atoms with Crippen molar-refractivity contribution in [3.8, 4) is 11.1 Å². The lowest BCUT2D eigenvalue weighted by atomic mass is 9.84. The Morgan fingerprint density at radius 2 is 0.714 bits per heavy atom. The third-order valence-electron chi connectivity index (χ3n) is 4.51. The van der Waals surface area contributed by atoms with E-state index in [2.05, 4.69) is 102 Å². The molecule has 2 rings (SSSR count). The summed E-state index contributed by atoms with van der Waals surface area (Å²) in [7, 11) is 0. The van der Waals surface area contributed by atoms with Gasteiger partial charge in [0.25, 0.3) is 0 Å². The van der Waals surface area contributed by atoms with Gasteiger partial charge in [0.05, 0.1) is 0 Å². The second-order valence-corrected chi connectivity index (χ2v) is 9.73. The van der Waals surface area contributed by atoms with Crippen LogP contribution in [0.25, 0.3) is 11.1 Å². The molecule has 4 heteroatoms. The van der Waals surface area contributed by atoms with Crippen LogP contribution in [0.5, 0.6) is 0 Å². The maximum atomic E-state index is 3.98. The van der Waals surface area contributed by atoms with E-state index < -0.39 is 0 Å². The monoisotopic (exact) mass is 626 g/mol. The van der Waals surface area contributed by atoms with Gasteiger partial charge in [0.15, 0.2) is 0 Å². The van der Waals surface area contributed by atoms with Crippen LogP contribution < -0.4 is 0 Å². The molecule has 0 spiro atoms. The molecule has 0 amide bonds. The van der Waals surface area contributed by atoms with Crippen LogP contribution in [0.1, 0.15) is 22.3 Å². The van der Waals surface area contributed by atoms with E-state index in [9.17, 15) is 0 Å². The molecule has 0 bridgehead atoms.